The molecule has 2 aromatic rings. The number of benzene rings is 1. The molecule has 1 heterocycles. The molecule has 1 aromatic carbocycles. The molecule has 1 unspecified atom stereocenters. The molecule has 2 rings (SSSR count). The van der Waals surface area contributed by atoms with Gasteiger partial charge in [0.1, 0.15) is 0 Å². The highest BCUT2D eigenvalue weighted by molar-refractivity contribution is 7.10. The lowest BCUT2D eigenvalue weighted by atomic mass is 10.0. The molecule has 0 radical (unpaired) electrons. The van der Waals surface area contributed by atoms with Crippen LogP contribution in [0, 0.1) is 0 Å². The predicted octanol–water partition coefficient (Wildman–Crippen LogP) is 3.96. The molecular formula is C15H20N2S. The van der Waals surface area contributed by atoms with Crippen LogP contribution in [0.15, 0.2) is 41.8 Å². The maximum atomic E-state index is 5.91. The van der Waals surface area contributed by atoms with Crippen molar-refractivity contribution < 1.29 is 0 Å². The van der Waals surface area contributed by atoms with Gasteiger partial charge in [0.2, 0.25) is 0 Å². The molecule has 18 heavy (non-hydrogen) atoms. The first kappa shape index (κ1) is 13.1. The lowest BCUT2D eigenvalue weighted by Gasteiger charge is -2.18. The third-order valence-electron chi connectivity index (χ3n) is 3.07. The standard InChI is InChI=1S/C15H20N2S/c1-2-6-14(12-7-4-3-5-8-12)17-11-15-13(16)9-10-18-15/h3-5,7-10,14,17H,2,6,11,16H2,1H3. The van der Waals surface area contributed by atoms with E-state index in [1.54, 1.807) is 11.3 Å². The van der Waals surface area contributed by atoms with Gasteiger partial charge in [-0.2, -0.15) is 0 Å². The van der Waals surface area contributed by atoms with Crippen molar-refractivity contribution >= 4 is 17.0 Å². The summed E-state index contributed by atoms with van der Waals surface area (Å²) in [4.78, 5) is 1.23. The van der Waals surface area contributed by atoms with Gasteiger partial charge in [-0.15, -0.1) is 11.3 Å². The number of thiophene rings is 1. The lowest BCUT2D eigenvalue weighted by molar-refractivity contribution is 0.496. The quantitative estimate of drug-likeness (QED) is 0.825. The molecule has 0 fully saturated rings. The average Bonchev–Trinajstić information content (AvgIpc) is 2.81. The smallest absolute Gasteiger partial charge is 0.0468 e. The van der Waals surface area contributed by atoms with Crippen LogP contribution in [0.2, 0.25) is 0 Å². The van der Waals surface area contributed by atoms with Crippen LogP contribution in [0.4, 0.5) is 5.69 Å². The van der Waals surface area contributed by atoms with Crippen LogP contribution in [0.25, 0.3) is 0 Å². The molecule has 0 amide bonds. The topological polar surface area (TPSA) is 38.0 Å². The Balaban J connectivity index is 2.01. The second-order valence-corrected chi connectivity index (χ2v) is 5.43. The number of anilines is 1. The minimum atomic E-state index is 0.415. The molecule has 1 aromatic heterocycles. The summed E-state index contributed by atoms with van der Waals surface area (Å²) in [5.41, 5.74) is 8.16. The number of hydrogen-bond donors (Lipinski definition) is 2. The van der Waals surface area contributed by atoms with E-state index < -0.39 is 0 Å². The van der Waals surface area contributed by atoms with E-state index >= 15 is 0 Å². The normalized spacial score (nSPS) is 12.5. The number of nitrogen functional groups attached to an aromatic ring is 1. The summed E-state index contributed by atoms with van der Waals surface area (Å²) < 4.78 is 0. The van der Waals surface area contributed by atoms with Crippen LogP contribution in [-0.2, 0) is 6.54 Å². The Morgan fingerprint density at radius 1 is 1.22 bits per heavy atom. The third kappa shape index (κ3) is 3.34. The fourth-order valence-corrected chi connectivity index (χ4v) is 2.82. The van der Waals surface area contributed by atoms with Gasteiger partial charge in [0, 0.05) is 23.2 Å². The second kappa shape index (κ2) is 6.57. The summed E-state index contributed by atoms with van der Waals surface area (Å²) in [5, 5.41) is 5.66. The Kier molecular flexibility index (Phi) is 4.79. The molecule has 96 valence electrons. The van der Waals surface area contributed by atoms with E-state index in [9.17, 15) is 0 Å². The largest absolute Gasteiger partial charge is 0.398 e. The first-order valence-electron chi connectivity index (χ1n) is 6.41. The van der Waals surface area contributed by atoms with E-state index in [1.807, 2.05) is 11.4 Å². The molecule has 0 spiro atoms. The summed E-state index contributed by atoms with van der Waals surface area (Å²) in [7, 11) is 0. The first-order chi connectivity index (χ1) is 8.81. The molecule has 0 saturated carbocycles. The van der Waals surface area contributed by atoms with Crippen LogP contribution < -0.4 is 11.1 Å². The zero-order valence-electron chi connectivity index (χ0n) is 10.7. The molecule has 0 aliphatic carbocycles. The molecule has 1 atom stereocenters. The van der Waals surface area contributed by atoms with Crippen LogP contribution in [-0.4, -0.2) is 0 Å². The third-order valence-corrected chi connectivity index (χ3v) is 4.00. The number of nitrogens with one attached hydrogen (secondary N) is 1. The molecule has 3 heteroatoms. The Hall–Kier alpha value is -1.32. The molecule has 0 saturated heterocycles. The average molecular weight is 260 g/mol. The zero-order valence-corrected chi connectivity index (χ0v) is 11.5. The van der Waals surface area contributed by atoms with Crippen LogP contribution in [0.5, 0.6) is 0 Å². The van der Waals surface area contributed by atoms with E-state index in [0.29, 0.717) is 6.04 Å². The summed E-state index contributed by atoms with van der Waals surface area (Å²) in [6.07, 6.45) is 2.32. The monoisotopic (exact) mass is 260 g/mol. The maximum absolute atomic E-state index is 5.91. The van der Waals surface area contributed by atoms with E-state index in [0.717, 1.165) is 18.7 Å². The van der Waals surface area contributed by atoms with Crippen molar-refractivity contribution in [3.05, 3.63) is 52.2 Å². The van der Waals surface area contributed by atoms with Gasteiger partial charge >= 0.3 is 0 Å². The van der Waals surface area contributed by atoms with Gasteiger partial charge in [-0.3, -0.25) is 0 Å². The van der Waals surface area contributed by atoms with E-state index in [2.05, 4.69) is 42.6 Å². The van der Waals surface area contributed by atoms with Crippen molar-refractivity contribution in [2.75, 3.05) is 5.73 Å². The second-order valence-electron chi connectivity index (χ2n) is 4.43. The predicted molar refractivity (Wildman–Crippen MR) is 79.7 cm³/mol. The maximum Gasteiger partial charge on any atom is 0.0468 e. The molecule has 2 nitrogen and oxygen atoms in total. The van der Waals surface area contributed by atoms with E-state index in [1.165, 1.54) is 16.9 Å². The minimum absolute atomic E-state index is 0.415. The molecule has 0 bridgehead atoms. The van der Waals surface area contributed by atoms with Crippen LogP contribution in [0.3, 0.4) is 0 Å². The van der Waals surface area contributed by atoms with Crippen LogP contribution in [0.1, 0.15) is 36.2 Å². The summed E-state index contributed by atoms with van der Waals surface area (Å²) >= 11 is 1.72. The van der Waals surface area contributed by atoms with Gasteiger partial charge in [-0.1, -0.05) is 43.7 Å². The van der Waals surface area contributed by atoms with Crippen molar-refractivity contribution in [2.24, 2.45) is 0 Å². The Morgan fingerprint density at radius 3 is 2.61 bits per heavy atom. The fourth-order valence-electron chi connectivity index (χ4n) is 2.07. The van der Waals surface area contributed by atoms with Crippen molar-refractivity contribution in [3.8, 4) is 0 Å². The molecule has 0 aliphatic heterocycles. The number of rotatable bonds is 6. The highest BCUT2D eigenvalue weighted by Gasteiger charge is 2.10. The minimum Gasteiger partial charge on any atom is -0.398 e. The lowest BCUT2D eigenvalue weighted by Crippen LogP contribution is -2.20. The van der Waals surface area contributed by atoms with Gasteiger partial charge in [0.25, 0.3) is 0 Å². The van der Waals surface area contributed by atoms with Gasteiger partial charge in [0.15, 0.2) is 0 Å². The van der Waals surface area contributed by atoms with Gasteiger partial charge in [0.05, 0.1) is 0 Å². The fraction of sp³-hybridized carbons (Fsp3) is 0.333. The first-order valence-corrected chi connectivity index (χ1v) is 7.29. The Morgan fingerprint density at radius 2 is 2.00 bits per heavy atom. The van der Waals surface area contributed by atoms with Gasteiger partial charge in [-0.25, -0.2) is 0 Å². The van der Waals surface area contributed by atoms with Crippen molar-refractivity contribution in [3.63, 3.8) is 0 Å². The molecule has 3 N–H and O–H groups in total. The Bertz CT molecular complexity index is 464. The SMILES string of the molecule is CCCC(NCc1sccc1N)c1ccccc1. The number of hydrogen-bond acceptors (Lipinski definition) is 3. The molecular weight excluding hydrogens is 240 g/mol. The molecule has 0 aliphatic rings. The highest BCUT2D eigenvalue weighted by Crippen LogP contribution is 2.22. The van der Waals surface area contributed by atoms with E-state index in [-0.39, 0.29) is 0 Å². The van der Waals surface area contributed by atoms with Crippen LogP contribution >= 0.6 is 11.3 Å². The zero-order chi connectivity index (χ0) is 12.8. The van der Waals surface area contributed by atoms with Gasteiger partial charge in [-0.05, 0) is 23.4 Å². The van der Waals surface area contributed by atoms with Crippen molar-refractivity contribution in [1.82, 2.24) is 5.32 Å². The summed E-state index contributed by atoms with van der Waals surface area (Å²) in [6.45, 7) is 3.07. The van der Waals surface area contributed by atoms with E-state index in [4.69, 9.17) is 5.73 Å². The summed E-state index contributed by atoms with van der Waals surface area (Å²) in [6, 6.07) is 13.0. The highest BCUT2D eigenvalue weighted by atomic mass is 32.1. The Labute approximate surface area is 113 Å². The van der Waals surface area contributed by atoms with Crippen molar-refractivity contribution in [2.45, 2.75) is 32.4 Å². The number of nitrogens with two attached hydrogens (primary N) is 1. The summed E-state index contributed by atoms with van der Waals surface area (Å²) in [5.74, 6) is 0. The van der Waals surface area contributed by atoms with Crippen molar-refractivity contribution in [1.29, 1.82) is 0 Å². The van der Waals surface area contributed by atoms with Gasteiger partial charge < -0.3 is 11.1 Å².